The van der Waals surface area contributed by atoms with Crippen LogP contribution in [0, 0.1) is 0 Å². The van der Waals surface area contributed by atoms with E-state index < -0.39 is 0 Å². The topological polar surface area (TPSA) is 35.5 Å². The molecule has 0 aromatic heterocycles. The van der Waals surface area contributed by atoms with Crippen molar-refractivity contribution in [1.82, 2.24) is 0 Å². The molecule has 0 N–H and O–H groups in total. The van der Waals surface area contributed by atoms with Gasteiger partial charge in [-0.25, -0.2) is 0 Å². The fourth-order valence-corrected chi connectivity index (χ4v) is 2.34. The number of esters is 1. The molecule has 0 rings (SSSR count). The van der Waals surface area contributed by atoms with E-state index in [1.807, 2.05) is 0 Å². The van der Waals surface area contributed by atoms with Crippen molar-refractivity contribution < 1.29 is 14.3 Å². The number of carbonyl (C=O) groups excluding carboxylic acids is 1. The van der Waals surface area contributed by atoms with Crippen molar-refractivity contribution in [2.45, 2.75) is 77.2 Å². The van der Waals surface area contributed by atoms with Gasteiger partial charge in [-0.05, 0) is 25.7 Å². The Morgan fingerprint density at radius 3 is 2.42 bits per heavy atom. The Bertz CT molecular complexity index is 369. The first kappa shape index (κ1) is 22.6. The summed E-state index contributed by atoms with van der Waals surface area (Å²) < 4.78 is 10.1. The molecule has 0 heterocycles. The summed E-state index contributed by atoms with van der Waals surface area (Å²) in [5, 5.41) is 0. The highest BCUT2D eigenvalue weighted by Crippen LogP contribution is 2.11. The molecule has 1 unspecified atom stereocenters. The van der Waals surface area contributed by atoms with Gasteiger partial charge < -0.3 is 9.47 Å². The molecule has 0 amide bonds. The maximum Gasteiger partial charge on any atom is 0.305 e. The smallest absolute Gasteiger partial charge is 0.305 e. The zero-order chi connectivity index (χ0) is 17.9. The number of hydrogen-bond donors (Lipinski definition) is 0. The van der Waals surface area contributed by atoms with Gasteiger partial charge in [-0.1, -0.05) is 75.5 Å². The minimum Gasteiger partial charge on any atom is -0.469 e. The van der Waals surface area contributed by atoms with Gasteiger partial charge in [0.15, 0.2) is 0 Å². The highest BCUT2D eigenvalue weighted by Gasteiger charge is 2.02. The summed E-state index contributed by atoms with van der Waals surface area (Å²) in [6.07, 6.45) is 23.6. The molecular weight excluding hydrogens is 300 g/mol. The van der Waals surface area contributed by atoms with Crippen molar-refractivity contribution in [2.75, 3.05) is 14.2 Å². The second kappa shape index (κ2) is 18.0. The van der Waals surface area contributed by atoms with E-state index in [0.717, 1.165) is 38.5 Å². The molecule has 0 aliphatic rings. The summed E-state index contributed by atoms with van der Waals surface area (Å²) >= 11 is 0. The Morgan fingerprint density at radius 2 is 1.71 bits per heavy atom. The van der Waals surface area contributed by atoms with Crippen LogP contribution in [0.5, 0.6) is 0 Å². The zero-order valence-electron chi connectivity index (χ0n) is 15.8. The van der Waals surface area contributed by atoms with Gasteiger partial charge in [-0.3, -0.25) is 4.79 Å². The van der Waals surface area contributed by atoms with Gasteiger partial charge in [0.1, 0.15) is 0 Å². The maximum absolute atomic E-state index is 11.0. The fourth-order valence-electron chi connectivity index (χ4n) is 2.34. The number of carbonyl (C=O) groups is 1. The van der Waals surface area contributed by atoms with Gasteiger partial charge in [0, 0.05) is 13.5 Å². The molecule has 1 atom stereocenters. The standard InChI is InChI=1S/C21H36O3/c1-4-5-6-7-8-9-11-14-17-20(23-2)18-15-12-10-13-16-19-21(22)24-3/h6-7,9,11,14,17,20H,4-5,8,10,12-13,15-16,18-19H2,1-3H3. The van der Waals surface area contributed by atoms with E-state index in [2.05, 4.69) is 48.1 Å². The minimum absolute atomic E-state index is 0.103. The maximum atomic E-state index is 11.0. The largest absolute Gasteiger partial charge is 0.469 e. The number of hydrogen-bond acceptors (Lipinski definition) is 3. The SMILES string of the molecule is CCCC=CCC=CC=CC(CCCCCCCC(=O)OC)OC. The van der Waals surface area contributed by atoms with Crippen LogP contribution in [0.25, 0.3) is 0 Å². The summed E-state index contributed by atoms with van der Waals surface area (Å²) in [5.74, 6) is -0.103. The average Bonchev–Trinajstić information content (AvgIpc) is 2.60. The van der Waals surface area contributed by atoms with Gasteiger partial charge in [-0.15, -0.1) is 0 Å². The number of unbranched alkanes of at least 4 members (excludes halogenated alkanes) is 5. The number of ether oxygens (including phenoxy) is 2. The Kier molecular flexibility index (Phi) is 17.0. The summed E-state index contributed by atoms with van der Waals surface area (Å²) in [5.41, 5.74) is 0. The van der Waals surface area contributed by atoms with Crippen LogP contribution >= 0.6 is 0 Å². The van der Waals surface area contributed by atoms with Crippen molar-refractivity contribution in [3.05, 3.63) is 36.5 Å². The molecule has 0 saturated carbocycles. The predicted molar refractivity (Wildman–Crippen MR) is 102 cm³/mol. The van der Waals surface area contributed by atoms with Gasteiger partial charge in [0.05, 0.1) is 13.2 Å². The van der Waals surface area contributed by atoms with Crippen LogP contribution in [0.15, 0.2) is 36.5 Å². The predicted octanol–water partition coefficient (Wildman–Crippen LogP) is 5.76. The Morgan fingerprint density at radius 1 is 0.958 bits per heavy atom. The molecule has 3 heteroatoms. The van der Waals surface area contributed by atoms with E-state index in [4.69, 9.17) is 4.74 Å². The number of rotatable bonds is 15. The lowest BCUT2D eigenvalue weighted by atomic mass is 10.1. The lowest BCUT2D eigenvalue weighted by molar-refractivity contribution is -0.140. The summed E-state index contributed by atoms with van der Waals surface area (Å²) in [7, 11) is 3.21. The summed E-state index contributed by atoms with van der Waals surface area (Å²) in [6.45, 7) is 2.19. The van der Waals surface area contributed by atoms with Crippen LogP contribution in [0.2, 0.25) is 0 Å². The second-order valence-corrected chi connectivity index (χ2v) is 5.97. The third-order valence-electron chi connectivity index (χ3n) is 3.87. The van der Waals surface area contributed by atoms with Gasteiger partial charge in [0.25, 0.3) is 0 Å². The molecule has 138 valence electrons. The van der Waals surface area contributed by atoms with E-state index in [1.165, 1.54) is 26.4 Å². The molecule has 0 bridgehead atoms. The van der Waals surface area contributed by atoms with Crippen molar-refractivity contribution >= 4 is 5.97 Å². The van der Waals surface area contributed by atoms with Gasteiger partial charge in [0.2, 0.25) is 0 Å². The van der Waals surface area contributed by atoms with Crippen molar-refractivity contribution in [3.63, 3.8) is 0 Å². The highest BCUT2D eigenvalue weighted by molar-refractivity contribution is 5.68. The minimum atomic E-state index is -0.103. The summed E-state index contributed by atoms with van der Waals surface area (Å²) in [4.78, 5) is 11.0. The normalized spacial score (nSPS) is 13.3. The van der Waals surface area contributed by atoms with E-state index in [0.29, 0.717) is 6.42 Å². The first-order valence-electron chi connectivity index (χ1n) is 9.32. The van der Waals surface area contributed by atoms with Crippen LogP contribution in [0.1, 0.15) is 71.1 Å². The van der Waals surface area contributed by atoms with Crippen LogP contribution in [0.4, 0.5) is 0 Å². The third kappa shape index (κ3) is 15.5. The Hall–Kier alpha value is -1.35. The third-order valence-corrected chi connectivity index (χ3v) is 3.87. The highest BCUT2D eigenvalue weighted by atomic mass is 16.5. The molecular formula is C21H36O3. The van der Waals surface area contributed by atoms with Gasteiger partial charge in [-0.2, -0.15) is 0 Å². The van der Waals surface area contributed by atoms with Crippen LogP contribution in [0.3, 0.4) is 0 Å². The number of allylic oxidation sites excluding steroid dienone is 5. The quantitative estimate of drug-likeness (QED) is 0.165. The van der Waals surface area contributed by atoms with Crippen LogP contribution in [-0.4, -0.2) is 26.3 Å². The molecule has 0 saturated heterocycles. The van der Waals surface area contributed by atoms with Crippen molar-refractivity contribution in [1.29, 1.82) is 0 Å². The Balaban J connectivity index is 3.66. The molecule has 0 aliphatic carbocycles. The molecule has 24 heavy (non-hydrogen) atoms. The molecule has 0 aromatic carbocycles. The lowest BCUT2D eigenvalue weighted by Gasteiger charge is -2.10. The lowest BCUT2D eigenvalue weighted by Crippen LogP contribution is -2.06. The first-order chi connectivity index (χ1) is 11.7. The molecule has 3 nitrogen and oxygen atoms in total. The van der Waals surface area contributed by atoms with E-state index in [-0.39, 0.29) is 12.1 Å². The zero-order valence-corrected chi connectivity index (χ0v) is 15.8. The van der Waals surface area contributed by atoms with Crippen LogP contribution < -0.4 is 0 Å². The molecule has 0 aliphatic heterocycles. The van der Waals surface area contributed by atoms with Gasteiger partial charge >= 0.3 is 5.97 Å². The Labute approximate surface area is 148 Å². The van der Waals surface area contributed by atoms with Crippen molar-refractivity contribution in [2.24, 2.45) is 0 Å². The molecule has 0 aromatic rings. The van der Waals surface area contributed by atoms with E-state index >= 15 is 0 Å². The molecule has 0 spiro atoms. The van der Waals surface area contributed by atoms with E-state index in [9.17, 15) is 4.79 Å². The van der Waals surface area contributed by atoms with Crippen molar-refractivity contribution in [3.8, 4) is 0 Å². The average molecular weight is 337 g/mol. The van der Waals surface area contributed by atoms with E-state index in [1.54, 1.807) is 7.11 Å². The monoisotopic (exact) mass is 336 g/mol. The molecule has 0 radical (unpaired) electrons. The summed E-state index contributed by atoms with van der Waals surface area (Å²) in [6, 6.07) is 0. The first-order valence-corrected chi connectivity index (χ1v) is 9.32. The van der Waals surface area contributed by atoms with Crippen LogP contribution in [-0.2, 0) is 14.3 Å². The fraction of sp³-hybridized carbons (Fsp3) is 0.667. The molecule has 0 fully saturated rings. The second-order valence-electron chi connectivity index (χ2n) is 5.97. The number of methoxy groups -OCH3 is 2.